The van der Waals surface area contributed by atoms with Crippen molar-refractivity contribution in [1.29, 1.82) is 0 Å². The summed E-state index contributed by atoms with van der Waals surface area (Å²) < 4.78 is 10.1. The third-order valence-electron chi connectivity index (χ3n) is 3.84. The first-order chi connectivity index (χ1) is 7.66. The minimum atomic E-state index is -0.574. The van der Waals surface area contributed by atoms with Gasteiger partial charge in [-0.2, -0.15) is 0 Å². The van der Waals surface area contributed by atoms with Gasteiger partial charge in [-0.1, -0.05) is 20.8 Å². The molecule has 1 heterocycles. The molecule has 1 unspecified atom stereocenters. The van der Waals surface area contributed by atoms with Crippen LogP contribution in [0.25, 0.3) is 0 Å². The molecule has 0 N–H and O–H groups in total. The van der Waals surface area contributed by atoms with Crippen LogP contribution in [0.3, 0.4) is 0 Å². The van der Waals surface area contributed by atoms with E-state index in [-0.39, 0.29) is 29.9 Å². The molecule has 0 bridgehead atoms. The molecule has 1 rings (SSSR count). The molecule has 0 amide bonds. The summed E-state index contributed by atoms with van der Waals surface area (Å²) >= 11 is 0. The van der Waals surface area contributed by atoms with Gasteiger partial charge in [0.25, 0.3) is 0 Å². The third-order valence-corrected chi connectivity index (χ3v) is 3.84. The Kier molecular flexibility index (Phi) is 3.84. The molecular formula is C13H22O4. The van der Waals surface area contributed by atoms with E-state index in [1.54, 1.807) is 0 Å². The quantitative estimate of drug-likeness (QED) is 0.712. The molecule has 0 aromatic heterocycles. The van der Waals surface area contributed by atoms with Crippen LogP contribution in [-0.4, -0.2) is 25.2 Å². The number of hydrogen-bond donors (Lipinski definition) is 0. The monoisotopic (exact) mass is 242 g/mol. The average molecular weight is 242 g/mol. The van der Waals surface area contributed by atoms with E-state index < -0.39 is 5.41 Å². The smallest absolute Gasteiger partial charge is 0.312 e. The summed E-state index contributed by atoms with van der Waals surface area (Å²) in [5, 5.41) is 0. The van der Waals surface area contributed by atoms with E-state index in [4.69, 9.17) is 9.47 Å². The van der Waals surface area contributed by atoms with Crippen molar-refractivity contribution < 1.29 is 19.1 Å². The standard InChI is InChI=1S/C13H22O4/c1-12(2,3)13(4,5)11(15)17-8-9-6-7-16-10(9)14/h9H,6-8H2,1-5H3. The zero-order valence-corrected chi connectivity index (χ0v) is 11.3. The van der Waals surface area contributed by atoms with E-state index in [0.717, 1.165) is 0 Å². The number of esters is 2. The summed E-state index contributed by atoms with van der Waals surface area (Å²) in [5.74, 6) is -0.800. The van der Waals surface area contributed by atoms with Gasteiger partial charge >= 0.3 is 11.9 Å². The fraction of sp³-hybridized carbons (Fsp3) is 0.846. The van der Waals surface area contributed by atoms with Gasteiger partial charge in [-0.3, -0.25) is 9.59 Å². The normalized spacial score (nSPS) is 21.2. The first-order valence-corrected chi connectivity index (χ1v) is 6.00. The maximum absolute atomic E-state index is 12.0. The molecule has 1 fully saturated rings. The topological polar surface area (TPSA) is 52.6 Å². The van der Waals surface area contributed by atoms with E-state index in [1.165, 1.54) is 0 Å². The molecule has 0 aromatic carbocycles. The van der Waals surface area contributed by atoms with Crippen LogP contribution in [0.15, 0.2) is 0 Å². The van der Waals surface area contributed by atoms with Crippen LogP contribution in [-0.2, 0) is 19.1 Å². The maximum atomic E-state index is 12.0. The van der Waals surface area contributed by atoms with Crippen LogP contribution in [0.2, 0.25) is 0 Å². The Morgan fingerprint density at radius 1 is 1.35 bits per heavy atom. The van der Waals surface area contributed by atoms with Gasteiger partial charge in [0.2, 0.25) is 0 Å². The number of cyclic esters (lactones) is 1. The van der Waals surface area contributed by atoms with Crippen molar-refractivity contribution in [2.45, 2.75) is 41.0 Å². The second kappa shape index (κ2) is 4.67. The first-order valence-electron chi connectivity index (χ1n) is 6.00. The second-order valence-electron chi connectivity index (χ2n) is 6.13. The van der Waals surface area contributed by atoms with Gasteiger partial charge < -0.3 is 9.47 Å². The van der Waals surface area contributed by atoms with Gasteiger partial charge in [0, 0.05) is 0 Å². The van der Waals surface area contributed by atoms with Gasteiger partial charge in [-0.05, 0) is 25.7 Å². The summed E-state index contributed by atoms with van der Waals surface area (Å²) in [4.78, 5) is 23.2. The number of hydrogen-bond acceptors (Lipinski definition) is 4. The molecule has 1 atom stereocenters. The molecule has 0 aliphatic carbocycles. The lowest BCUT2D eigenvalue weighted by molar-refractivity contribution is -0.162. The number of rotatable bonds is 3. The van der Waals surface area contributed by atoms with Crippen LogP contribution in [0.1, 0.15) is 41.0 Å². The van der Waals surface area contributed by atoms with Crippen molar-refractivity contribution >= 4 is 11.9 Å². The first kappa shape index (κ1) is 14.0. The fourth-order valence-electron chi connectivity index (χ4n) is 1.35. The number of carbonyl (C=O) groups excluding carboxylic acids is 2. The van der Waals surface area contributed by atoms with Gasteiger partial charge in [0.1, 0.15) is 6.61 Å². The predicted molar refractivity (Wildman–Crippen MR) is 63.3 cm³/mol. The minimum absolute atomic E-state index is 0.136. The van der Waals surface area contributed by atoms with Crippen molar-refractivity contribution in [3.8, 4) is 0 Å². The van der Waals surface area contributed by atoms with Crippen molar-refractivity contribution in [3.05, 3.63) is 0 Å². The minimum Gasteiger partial charge on any atom is -0.465 e. The summed E-state index contributed by atoms with van der Waals surface area (Å²) in [6.07, 6.45) is 0.641. The molecular weight excluding hydrogens is 220 g/mol. The highest BCUT2D eigenvalue weighted by atomic mass is 16.6. The van der Waals surface area contributed by atoms with E-state index in [1.807, 2.05) is 34.6 Å². The highest BCUT2D eigenvalue weighted by Gasteiger charge is 2.41. The molecule has 0 spiro atoms. The fourth-order valence-corrected chi connectivity index (χ4v) is 1.35. The molecule has 4 nitrogen and oxygen atoms in total. The average Bonchev–Trinajstić information content (AvgIpc) is 2.58. The molecule has 1 aliphatic heterocycles. The van der Waals surface area contributed by atoms with Crippen LogP contribution < -0.4 is 0 Å². The SMILES string of the molecule is CC(C)(C)C(C)(C)C(=O)OCC1CCOC1=O. The summed E-state index contributed by atoms with van der Waals surface area (Å²) in [7, 11) is 0. The Bertz CT molecular complexity index is 312. The third kappa shape index (κ3) is 2.99. The van der Waals surface area contributed by atoms with Crippen molar-refractivity contribution in [1.82, 2.24) is 0 Å². The zero-order chi connectivity index (χ0) is 13.3. The molecule has 17 heavy (non-hydrogen) atoms. The van der Waals surface area contributed by atoms with Crippen LogP contribution in [0.4, 0.5) is 0 Å². The number of carbonyl (C=O) groups is 2. The molecule has 0 aromatic rings. The van der Waals surface area contributed by atoms with Crippen molar-refractivity contribution in [2.24, 2.45) is 16.7 Å². The van der Waals surface area contributed by atoms with Crippen LogP contribution in [0.5, 0.6) is 0 Å². The molecule has 0 radical (unpaired) electrons. The summed E-state index contributed by atoms with van der Waals surface area (Å²) in [5.41, 5.74) is -0.754. The van der Waals surface area contributed by atoms with Crippen LogP contribution in [0, 0.1) is 16.7 Å². The lowest BCUT2D eigenvalue weighted by Gasteiger charge is -2.36. The Morgan fingerprint density at radius 2 is 1.94 bits per heavy atom. The summed E-state index contributed by atoms with van der Waals surface area (Å²) in [6.45, 7) is 10.3. The molecule has 0 saturated carbocycles. The molecule has 98 valence electrons. The van der Waals surface area contributed by atoms with E-state index in [0.29, 0.717) is 13.0 Å². The molecule has 1 aliphatic rings. The second-order valence-corrected chi connectivity index (χ2v) is 6.13. The van der Waals surface area contributed by atoms with Crippen molar-refractivity contribution in [2.75, 3.05) is 13.2 Å². The van der Waals surface area contributed by atoms with Gasteiger partial charge in [-0.15, -0.1) is 0 Å². The van der Waals surface area contributed by atoms with E-state index in [9.17, 15) is 9.59 Å². The van der Waals surface area contributed by atoms with Gasteiger partial charge in [0.05, 0.1) is 17.9 Å². The molecule has 1 saturated heterocycles. The van der Waals surface area contributed by atoms with Crippen molar-refractivity contribution in [3.63, 3.8) is 0 Å². The lowest BCUT2D eigenvalue weighted by atomic mass is 9.69. The highest BCUT2D eigenvalue weighted by molar-refractivity contribution is 5.78. The Hall–Kier alpha value is -1.06. The van der Waals surface area contributed by atoms with E-state index >= 15 is 0 Å². The summed E-state index contributed by atoms with van der Waals surface area (Å²) in [6, 6.07) is 0. The van der Waals surface area contributed by atoms with Crippen LogP contribution >= 0.6 is 0 Å². The van der Waals surface area contributed by atoms with Gasteiger partial charge in [-0.25, -0.2) is 0 Å². The molecule has 4 heteroatoms. The predicted octanol–water partition coefficient (Wildman–Crippen LogP) is 2.17. The lowest BCUT2D eigenvalue weighted by Crippen LogP contribution is -2.39. The Morgan fingerprint density at radius 3 is 2.35 bits per heavy atom. The number of ether oxygens (including phenoxy) is 2. The Labute approximate surface area is 103 Å². The van der Waals surface area contributed by atoms with E-state index in [2.05, 4.69) is 0 Å². The maximum Gasteiger partial charge on any atom is 0.312 e. The highest BCUT2D eigenvalue weighted by Crippen LogP contribution is 2.39. The zero-order valence-electron chi connectivity index (χ0n) is 11.3. The Balaban J connectivity index is 2.52. The van der Waals surface area contributed by atoms with Gasteiger partial charge in [0.15, 0.2) is 0 Å². The largest absolute Gasteiger partial charge is 0.465 e.